The zero-order valence-electron chi connectivity index (χ0n) is 11.8. The van der Waals surface area contributed by atoms with Crippen molar-refractivity contribution in [3.63, 3.8) is 0 Å². The van der Waals surface area contributed by atoms with Crippen molar-refractivity contribution in [2.45, 2.75) is 24.8 Å². The molecular formula is C17H15NO4. The standard InChI is InChI=1S/C17H15NO4/c19-16(13-7-10(8-22-13)17(20)21)18-15-12-6-5-9-3-1-2-4-11(9)14(12)15/h1-4,7-8,12,14-15H,5-6H2,(H,18,19)(H,20,21). The first kappa shape index (κ1) is 13.1. The van der Waals surface area contributed by atoms with Gasteiger partial charge in [-0.3, -0.25) is 4.79 Å². The summed E-state index contributed by atoms with van der Waals surface area (Å²) < 4.78 is 5.05. The number of carbonyl (C=O) groups excluding carboxylic acids is 1. The van der Waals surface area contributed by atoms with E-state index in [2.05, 4.69) is 17.4 Å². The summed E-state index contributed by atoms with van der Waals surface area (Å²) in [5.41, 5.74) is 2.69. The van der Waals surface area contributed by atoms with Crippen molar-refractivity contribution in [3.05, 3.63) is 59.0 Å². The lowest BCUT2D eigenvalue weighted by atomic mass is 9.92. The molecule has 0 saturated heterocycles. The van der Waals surface area contributed by atoms with Crippen molar-refractivity contribution in [2.24, 2.45) is 5.92 Å². The number of hydrogen-bond acceptors (Lipinski definition) is 3. The monoisotopic (exact) mass is 297 g/mol. The Morgan fingerprint density at radius 2 is 2.09 bits per heavy atom. The highest BCUT2D eigenvalue weighted by molar-refractivity contribution is 5.95. The summed E-state index contributed by atoms with van der Waals surface area (Å²) in [6.45, 7) is 0. The van der Waals surface area contributed by atoms with E-state index in [-0.39, 0.29) is 23.3 Å². The first-order valence-electron chi connectivity index (χ1n) is 7.35. The van der Waals surface area contributed by atoms with Gasteiger partial charge in [0, 0.05) is 18.0 Å². The van der Waals surface area contributed by atoms with Gasteiger partial charge in [-0.2, -0.15) is 0 Å². The van der Waals surface area contributed by atoms with Crippen LogP contribution in [-0.2, 0) is 6.42 Å². The van der Waals surface area contributed by atoms with Gasteiger partial charge in [-0.05, 0) is 29.9 Å². The highest BCUT2D eigenvalue weighted by atomic mass is 16.4. The number of carbonyl (C=O) groups is 2. The normalized spacial score (nSPS) is 25.0. The molecular weight excluding hydrogens is 282 g/mol. The van der Waals surface area contributed by atoms with Crippen molar-refractivity contribution >= 4 is 11.9 Å². The zero-order chi connectivity index (χ0) is 15.3. The fraction of sp³-hybridized carbons (Fsp3) is 0.294. The Balaban J connectivity index is 1.49. The lowest BCUT2D eigenvalue weighted by Crippen LogP contribution is -2.27. The first-order valence-corrected chi connectivity index (χ1v) is 7.35. The van der Waals surface area contributed by atoms with Gasteiger partial charge < -0.3 is 14.8 Å². The molecule has 1 amide bonds. The number of furan rings is 1. The molecule has 2 aromatic rings. The minimum Gasteiger partial charge on any atom is -0.478 e. The fourth-order valence-electron chi connectivity index (χ4n) is 3.55. The van der Waals surface area contributed by atoms with E-state index in [4.69, 9.17) is 9.52 Å². The number of rotatable bonds is 3. The van der Waals surface area contributed by atoms with E-state index in [0.717, 1.165) is 19.1 Å². The van der Waals surface area contributed by atoms with Gasteiger partial charge in [0.15, 0.2) is 5.76 Å². The summed E-state index contributed by atoms with van der Waals surface area (Å²) in [6, 6.07) is 9.74. The van der Waals surface area contributed by atoms with Crippen molar-refractivity contribution in [1.82, 2.24) is 5.32 Å². The summed E-state index contributed by atoms with van der Waals surface area (Å²) in [5.74, 6) is -0.536. The van der Waals surface area contributed by atoms with Gasteiger partial charge in [0.1, 0.15) is 6.26 Å². The zero-order valence-corrected chi connectivity index (χ0v) is 11.8. The number of benzene rings is 1. The molecule has 1 aromatic heterocycles. The van der Waals surface area contributed by atoms with Crippen LogP contribution in [0.1, 0.15) is 44.4 Å². The van der Waals surface area contributed by atoms with Gasteiger partial charge >= 0.3 is 5.97 Å². The smallest absolute Gasteiger partial charge is 0.338 e. The highest BCUT2D eigenvalue weighted by Gasteiger charge is 2.54. The third-order valence-electron chi connectivity index (χ3n) is 4.70. The predicted octanol–water partition coefficient (Wildman–Crippen LogP) is 2.44. The van der Waals surface area contributed by atoms with Crippen molar-refractivity contribution in [2.75, 3.05) is 0 Å². The van der Waals surface area contributed by atoms with Crippen LogP contribution in [0.25, 0.3) is 0 Å². The van der Waals surface area contributed by atoms with E-state index in [0.29, 0.717) is 11.8 Å². The van der Waals surface area contributed by atoms with Gasteiger partial charge in [-0.15, -0.1) is 0 Å². The molecule has 2 aliphatic rings. The molecule has 1 heterocycles. The number of carboxylic acid groups (broad SMARTS) is 1. The van der Waals surface area contributed by atoms with Crippen molar-refractivity contribution in [3.8, 4) is 0 Å². The van der Waals surface area contributed by atoms with Gasteiger partial charge in [0.25, 0.3) is 5.91 Å². The molecule has 0 bridgehead atoms. The second-order valence-corrected chi connectivity index (χ2v) is 5.93. The van der Waals surface area contributed by atoms with Crippen LogP contribution in [0.5, 0.6) is 0 Å². The minimum absolute atomic E-state index is 0.0105. The summed E-state index contributed by atoms with van der Waals surface area (Å²) in [5, 5.41) is 11.8. The lowest BCUT2D eigenvalue weighted by Gasteiger charge is -2.13. The third-order valence-corrected chi connectivity index (χ3v) is 4.70. The summed E-state index contributed by atoms with van der Waals surface area (Å²) in [4.78, 5) is 23.0. The summed E-state index contributed by atoms with van der Waals surface area (Å²) in [6.07, 6.45) is 3.21. The molecule has 0 aliphatic heterocycles. The SMILES string of the molecule is O=C(O)c1coc(C(=O)NC2C3CCc4ccccc4C32)c1. The maximum Gasteiger partial charge on any atom is 0.338 e. The molecule has 112 valence electrons. The second kappa shape index (κ2) is 4.73. The van der Waals surface area contributed by atoms with Crippen LogP contribution < -0.4 is 5.32 Å². The van der Waals surface area contributed by atoms with Crippen LogP contribution >= 0.6 is 0 Å². The van der Waals surface area contributed by atoms with Gasteiger partial charge in [-0.1, -0.05) is 24.3 Å². The number of amides is 1. The van der Waals surface area contributed by atoms with Crippen molar-refractivity contribution in [1.29, 1.82) is 0 Å². The van der Waals surface area contributed by atoms with Crippen LogP contribution in [0, 0.1) is 5.92 Å². The van der Waals surface area contributed by atoms with Crippen LogP contribution in [0.15, 0.2) is 41.0 Å². The summed E-state index contributed by atoms with van der Waals surface area (Å²) >= 11 is 0. The van der Waals surface area contributed by atoms with Gasteiger partial charge in [0.2, 0.25) is 0 Å². The highest BCUT2D eigenvalue weighted by Crippen LogP contribution is 2.54. The third kappa shape index (κ3) is 2.01. The minimum atomic E-state index is -1.10. The van der Waals surface area contributed by atoms with Crippen LogP contribution in [-0.4, -0.2) is 23.0 Å². The van der Waals surface area contributed by atoms with E-state index in [1.807, 2.05) is 12.1 Å². The fourth-order valence-corrected chi connectivity index (χ4v) is 3.55. The molecule has 2 N–H and O–H groups in total. The van der Waals surface area contributed by atoms with E-state index in [1.54, 1.807) is 0 Å². The van der Waals surface area contributed by atoms with E-state index >= 15 is 0 Å². The molecule has 0 radical (unpaired) electrons. The molecule has 4 rings (SSSR count). The lowest BCUT2D eigenvalue weighted by molar-refractivity contribution is 0.0695. The maximum absolute atomic E-state index is 12.2. The Morgan fingerprint density at radius 1 is 1.27 bits per heavy atom. The molecule has 0 spiro atoms. The number of aryl methyl sites for hydroxylation is 1. The van der Waals surface area contributed by atoms with Crippen LogP contribution in [0.3, 0.4) is 0 Å². The summed E-state index contributed by atoms with van der Waals surface area (Å²) in [7, 11) is 0. The first-order chi connectivity index (χ1) is 10.6. The number of aromatic carboxylic acids is 1. The van der Waals surface area contributed by atoms with Gasteiger partial charge in [-0.25, -0.2) is 4.79 Å². The molecule has 2 aliphatic carbocycles. The van der Waals surface area contributed by atoms with E-state index in [9.17, 15) is 9.59 Å². The average molecular weight is 297 g/mol. The Hall–Kier alpha value is -2.56. The molecule has 1 saturated carbocycles. The predicted molar refractivity (Wildman–Crippen MR) is 77.9 cm³/mol. The molecule has 1 aromatic carbocycles. The van der Waals surface area contributed by atoms with Crippen LogP contribution in [0.2, 0.25) is 0 Å². The Labute approximate surface area is 126 Å². The van der Waals surface area contributed by atoms with E-state index in [1.165, 1.54) is 17.2 Å². The van der Waals surface area contributed by atoms with Gasteiger partial charge in [0.05, 0.1) is 5.56 Å². The molecule has 22 heavy (non-hydrogen) atoms. The molecule has 5 nitrogen and oxygen atoms in total. The molecule has 3 atom stereocenters. The van der Waals surface area contributed by atoms with E-state index < -0.39 is 5.97 Å². The molecule has 5 heteroatoms. The Morgan fingerprint density at radius 3 is 2.86 bits per heavy atom. The topological polar surface area (TPSA) is 79.5 Å². The Kier molecular flexibility index (Phi) is 2.82. The molecule has 1 fully saturated rings. The maximum atomic E-state index is 12.2. The van der Waals surface area contributed by atoms with Crippen molar-refractivity contribution < 1.29 is 19.1 Å². The molecule has 3 unspecified atom stereocenters. The largest absolute Gasteiger partial charge is 0.478 e. The van der Waals surface area contributed by atoms with Crippen LogP contribution in [0.4, 0.5) is 0 Å². The number of nitrogens with one attached hydrogen (secondary N) is 1. The quantitative estimate of drug-likeness (QED) is 0.912. The second-order valence-electron chi connectivity index (χ2n) is 5.93. The number of hydrogen-bond donors (Lipinski definition) is 2. The number of fused-ring (bicyclic) bond motifs is 3. The number of carboxylic acids is 1. The average Bonchev–Trinajstić information content (AvgIpc) is 2.98. The Bertz CT molecular complexity index is 764.